The third kappa shape index (κ3) is 12.4. The Kier molecular flexibility index (Phi) is 19.6. The second kappa shape index (κ2) is 24.6. The van der Waals surface area contributed by atoms with E-state index < -0.39 is 0 Å². The van der Waals surface area contributed by atoms with Crippen molar-refractivity contribution in [1.29, 1.82) is 0 Å². The Labute approximate surface area is 347 Å². The van der Waals surface area contributed by atoms with E-state index in [1.54, 1.807) is 22.3 Å². The molecule has 55 heavy (non-hydrogen) atoms. The van der Waals surface area contributed by atoms with Crippen molar-refractivity contribution >= 4 is 22.7 Å². The van der Waals surface area contributed by atoms with Crippen molar-refractivity contribution in [2.45, 2.75) is 213 Å². The first-order chi connectivity index (χ1) is 27.2. The Hall–Kier alpha value is -2.16. The molecule has 2 heteroatoms. The third-order valence-corrected chi connectivity index (χ3v) is 14.9. The summed E-state index contributed by atoms with van der Waals surface area (Å²) < 4.78 is 0. The number of hydrogen-bond acceptors (Lipinski definition) is 2. The molecule has 0 unspecified atom stereocenters. The smallest absolute Gasteiger partial charge is 0.0374 e. The van der Waals surface area contributed by atoms with Gasteiger partial charge in [0.15, 0.2) is 0 Å². The predicted octanol–water partition coefficient (Wildman–Crippen LogP) is 18.7. The summed E-state index contributed by atoms with van der Waals surface area (Å²) >= 11 is 3.95. The zero-order valence-electron chi connectivity index (χ0n) is 35.9. The topological polar surface area (TPSA) is 0 Å². The van der Waals surface area contributed by atoms with Gasteiger partial charge in [0.25, 0.3) is 0 Å². The summed E-state index contributed by atoms with van der Waals surface area (Å²) in [5.74, 6) is 0. The molecular weight excluding hydrogens is 701 g/mol. The van der Waals surface area contributed by atoms with E-state index in [9.17, 15) is 0 Å². The first kappa shape index (κ1) is 44.0. The summed E-state index contributed by atoms with van der Waals surface area (Å²) in [5, 5.41) is 4.72. The maximum absolute atomic E-state index is 2.69. The molecule has 1 aliphatic rings. The lowest BCUT2D eigenvalue weighted by atomic mass is 9.70. The van der Waals surface area contributed by atoms with Gasteiger partial charge in [-0.3, -0.25) is 0 Å². The number of unbranched alkanes of at least 4 members (excludes halogenated alkanes) is 20. The fraction of sp³-hybridized carbons (Fsp3) is 0.623. The molecule has 0 aliphatic heterocycles. The fourth-order valence-corrected chi connectivity index (χ4v) is 11.5. The van der Waals surface area contributed by atoms with Gasteiger partial charge in [0.1, 0.15) is 0 Å². The van der Waals surface area contributed by atoms with Crippen LogP contribution < -0.4 is 0 Å². The van der Waals surface area contributed by atoms with Crippen LogP contribution in [0.3, 0.4) is 0 Å². The van der Waals surface area contributed by atoms with Gasteiger partial charge in [-0.2, -0.15) is 0 Å². The summed E-state index contributed by atoms with van der Waals surface area (Å²) in [7, 11) is 0. The fourth-order valence-electron chi connectivity index (χ4n) is 9.62. The highest BCUT2D eigenvalue weighted by Crippen LogP contribution is 2.56. The molecule has 0 spiro atoms. The normalized spacial score (nSPS) is 13.1. The Bertz CT molecular complexity index is 1510. The van der Waals surface area contributed by atoms with Crippen LogP contribution in [0.1, 0.15) is 217 Å². The minimum absolute atomic E-state index is 0.0998. The summed E-state index contributed by atoms with van der Waals surface area (Å²) in [5.41, 5.74) is 12.5. The maximum Gasteiger partial charge on any atom is 0.0374 e. The molecular formula is C53H78S2. The lowest BCUT2D eigenvalue weighted by Gasteiger charge is -2.33. The Balaban J connectivity index is 1.41. The first-order valence-corrected chi connectivity index (χ1v) is 25.4. The minimum atomic E-state index is 0.0998. The van der Waals surface area contributed by atoms with Crippen LogP contribution in [-0.2, 0) is 18.3 Å². The van der Waals surface area contributed by atoms with E-state index in [0.29, 0.717) is 0 Å². The molecule has 302 valence electrons. The van der Waals surface area contributed by atoms with Crippen LogP contribution >= 0.6 is 22.7 Å². The second-order valence-corrected chi connectivity index (χ2v) is 19.1. The molecule has 0 N–H and O–H groups in total. The van der Waals surface area contributed by atoms with Crippen LogP contribution in [-0.4, -0.2) is 0 Å². The average Bonchev–Trinajstić information content (AvgIpc) is 3.94. The van der Waals surface area contributed by atoms with E-state index in [0.717, 1.165) is 0 Å². The summed E-state index contributed by atoms with van der Waals surface area (Å²) in [6, 6.07) is 20.3. The van der Waals surface area contributed by atoms with Crippen LogP contribution in [0.5, 0.6) is 0 Å². The highest BCUT2D eigenvalue weighted by molar-refractivity contribution is 7.14. The van der Waals surface area contributed by atoms with E-state index in [-0.39, 0.29) is 5.41 Å². The van der Waals surface area contributed by atoms with Crippen molar-refractivity contribution in [2.24, 2.45) is 0 Å². The van der Waals surface area contributed by atoms with Gasteiger partial charge in [-0.1, -0.05) is 193 Å². The monoisotopic (exact) mass is 779 g/mol. The van der Waals surface area contributed by atoms with Gasteiger partial charge < -0.3 is 0 Å². The molecule has 2 aromatic heterocycles. The van der Waals surface area contributed by atoms with Crippen LogP contribution in [0.15, 0.2) is 59.3 Å². The van der Waals surface area contributed by atoms with Gasteiger partial charge in [0, 0.05) is 15.2 Å². The molecule has 5 rings (SSSR count). The van der Waals surface area contributed by atoms with Crippen molar-refractivity contribution in [2.75, 3.05) is 0 Å². The first-order valence-electron chi connectivity index (χ1n) is 23.6. The molecule has 0 radical (unpaired) electrons. The van der Waals surface area contributed by atoms with E-state index in [1.165, 1.54) is 212 Å². The van der Waals surface area contributed by atoms with Crippen molar-refractivity contribution in [1.82, 2.24) is 0 Å². The summed E-state index contributed by atoms with van der Waals surface area (Å²) in [6.07, 6.45) is 37.8. The lowest BCUT2D eigenvalue weighted by Crippen LogP contribution is -2.25. The molecule has 1 aliphatic carbocycles. The van der Waals surface area contributed by atoms with E-state index in [1.807, 2.05) is 22.7 Å². The number of rotatable bonds is 30. The standard InChI is InChI=1S/C53H78S2/c1-5-9-13-17-19-21-23-25-29-43-35-39-54-51(43)45-31-33-47-48-34-32-46(52-44(36-40-55-52)30-26-24-22-20-18-14-10-6-2)42-50(48)53(49(47)41-45,37-27-15-11-7-3)38-28-16-12-8-4/h31-36,39-42H,5-30,37-38H2,1-4H3. The summed E-state index contributed by atoms with van der Waals surface area (Å²) in [6.45, 7) is 9.35. The summed E-state index contributed by atoms with van der Waals surface area (Å²) in [4.78, 5) is 3.05. The minimum Gasteiger partial charge on any atom is -0.144 e. The largest absolute Gasteiger partial charge is 0.144 e. The SMILES string of the molecule is CCCCCCCCCCc1ccsc1-c1ccc2c(c1)C(CCCCCC)(CCCCCC)c1cc(-c3sccc3CCCCCCCCCC)ccc1-2. The van der Waals surface area contributed by atoms with Crippen LogP contribution in [0.25, 0.3) is 32.0 Å². The second-order valence-electron chi connectivity index (χ2n) is 17.2. The van der Waals surface area contributed by atoms with E-state index in [2.05, 4.69) is 87.0 Å². The predicted molar refractivity (Wildman–Crippen MR) is 249 cm³/mol. The van der Waals surface area contributed by atoms with Crippen molar-refractivity contribution in [3.8, 4) is 32.0 Å². The number of thiophene rings is 2. The average molecular weight is 779 g/mol. The molecule has 2 heterocycles. The molecule has 0 nitrogen and oxygen atoms in total. The van der Waals surface area contributed by atoms with Gasteiger partial charge in [-0.15, -0.1) is 22.7 Å². The zero-order chi connectivity index (χ0) is 38.6. The van der Waals surface area contributed by atoms with Crippen molar-refractivity contribution < 1.29 is 0 Å². The lowest BCUT2D eigenvalue weighted by molar-refractivity contribution is 0.401. The Morgan fingerprint density at radius 3 is 1.11 bits per heavy atom. The highest BCUT2D eigenvalue weighted by atomic mass is 32.1. The van der Waals surface area contributed by atoms with Gasteiger partial charge in [0.2, 0.25) is 0 Å². The highest BCUT2D eigenvalue weighted by Gasteiger charge is 2.42. The zero-order valence-corrected chi connectivity index (χ0v) is 37.5. The Morgan fingerprint density at radius 2 is 0.727 bits per heavy atom. The maximum atomic E-state index is 2.69. The van der Waals surface area contributed by atoms with Gasteiger partial charge >= 0.3 is 0 Å². The van der Waals surface area contributed by atoms with Crippen LogP contribution in [0.2, 0.25) is 0 Å². The van der Waals surface area contributed by atoms with Crippen molar-refractivity contribution in [3.63, 3.8) is 0 Å². The molecule has 0 saturated heterocycles. The quantitative estimate of drug-likeness (QED) is 0.0463. The molecule has 0 fully saturated rings. The molecule has 4 aromatic rings. The van der Waals surface area contributed by atoms with Crippen molar-refractivity contribution in [3.05, 3.63) is 81.5 Å². The molecule has 0 saturated carbocycles. The number of hydrogen-bond donors (Lipinski definition) is 0. The van der Waals surface area contributed by atoms with Crippen LogP contribution in [0, 0.1) is 0 Å². The van der Waals surface area contributed by atoms with E-state index in [4.69, 9.17) is 0 Å². The van der Waals surface area contributed by atoms with E-state index >= 15 is 0 Å². The van der Waals surface area contributed by atoms with Gasteiger partial charge in [-0.05, 0) is 118 Å². The molecule has 0 atom stereocenters. The number of aryl methyl sites for hydroxylation is 2. The van der Waals surface area contributed by atoms with Gasteiger partial charge in [-0.25, -0.2) is 0 Å². The number of benzene rings is 2. The van der Waals surface area contributed by atoms with Crippen LogP contribution in [0.4, 0.5) is 0 Å². The molecule has 0 bridgehead atoms. The molecule has 2 aromatic carbocycles. The number of fused-ring (bicyclic) bond motifs is 3. The molecule has 0 amide bonds. The third-order valence-electron chi connectivity index (χ3n) is 12.9. The Morgan fingerprint density at radius 1 is 0.382 bits per heavy atom. The van der Waals surface area contributed by atoms with Gasteiger partial charge in [0.05, 0.1) is 0 Å².